The molecule has 2 heterocycles. The Hall–Kier alpha value is -4.67. The molecule has 0 fully saturated rings. The van der Waals surface area contributed by atoms with Gasteiger partial charge < -0.3 is 0 Å². The van der Waals surface area contributed by atoms with Gasteiger partial charge in [-0.3, -0.25) is 0 Å². The second kappa shape index (κ2) is 9.08. The second-order valence-electron chi connectivity index (χ2n) is 8.41. The van der Waals surface area contributed by atoms with E-state index in [2.05, 4.69) is 0 Å². The Balaban J connectivity index is 1.57. The summed E-state index contributed by atoms with van der Waals surface area (Å²) in [6.07, 6.45) is 0. The topological polar surface area (TPSA) is 38.7 Å². The third-order valence-corrected chi connectivity index (χ3v) is 7.08. The average molecular weight is 498 g/mol. The predicted octanol–water partition coefficient (Wildman–Crippen LogP) is 8.91. The number of thiophene rings is 1. The normalized spacial score (nSPS) is 13.5. The molecule has 3 nitrogen and oxygen atoms in total. The van der Waals surface area contributed by atoms with E-state index in [9.17, 15) is 1.37 Å². The van der Waals surface area contributed by atoms with Crippen molar-refractivity contribution in [2.75, 3.05) is 0 Å². The van der Waals surface area contributed by atoms with E-state index in [1.165, 1.54) is 0 Å². The minimum absolute atomic E-state index is 0.0436. The lowest BCUT2D eigenvalue weighted by Gasteiger charge is -2.08. The van der Waals surface area contributed by atoms with Crippen molar-refractivity contribution in [2.45, 2.75) is 0 Å². The fraction of sp³-hybridized carbons (Fsp3) is 0. The Morgan fingerprint density at radius 1 is 0.514 bits per heavy atom. The van der Waals surface area contributed by atoms with Crippen LogP contribution in [0.15, 0.2) is 127 Å². The van der Waals surface area contributed by atoms with Crippen molar-refractivity contribution in [1.82, 2.24) is 15.0 Å². The van der Waals surface area contributed by atoms with Gasteiger partial charge in [0.15, 0.2) is 17.5 Å². The van der Waals surface area contributed by atoms with Gasteiger partial charge >= 0.3 is 0 Å². The summed E-state index contributed by atoms with van der Waals surface area (Å²) in [5, 5.41) is 0.765. The van der Waals surface area contributed by atoms with Crippen molar-refractivity contribution in [1.29, 1.82) is 0 Å². The van der Waals surface area contributed by atoms with E-state index in [1.807, 2.05) is 91.0 Å². The van der Waals surface area contributed by atoms with E-state index < -0.39 is 0 Å². The molecular weight excluding hydrogens is 470 g/mol. The van der Waals surface area contributed by atoms with Gasteiger partial charge in [0.1, 0.15) is 0 Å². The first-order valence-corrected chi connectivity index (χ1v) is 12.5. The van der Waals surface area contributed by atoms with E-state index in [1.54, 1.807) is 0 Å². The highest BCUT2D eigenvalue weighted by atomic mass is 32.1. The molecule has 0 bridgehead atoms. The largest absolute Gasteiger partial charge is 0.208 e. The highest BCUT2D eigenvalue weighted by Crippen LogP contribution is 2.41. The van der Waals surface area contributed by atoms with Gasteiger partial charge in [-0.15, -0.1) is 11.3 Å². The smallest absolute Gasteiger partial charge is 0.164 e. The summed E-state index contributed by atoms with van der Waals surface area (Å²) >= 11 is 1.13. The first-order valence-electron chi connectivity index (χ1n) is 14.7. The maximum atomic E-state index is 9.30. The van der Waals surface area contributed by atoms with Crippen LogP contribution in [-0.2, 0) is 0 Å². The molecule has 0 saturated heterocycles. The molecule has 5 aromatic carbocycles. The summed E-state index contributed by atoms with van der Waals surface area (Å²) < 4.78 is 54.3. The van der Waals surface area contributed by atoms with Crippen molar-refractivity contribution in [3.8, 4) is 45.3 Å². The van der Waals surface area contributed by atoms with Crippen LogP contribution in [0.4, 0.5) is 0 Å². The Morgan fingerprint density at radius 3 is 1.65 bits per heavy atom. The second-order valence-corrected chi connectivity index (χ2v) is 9.44. The van der Waals surface area contributed by atoms with Crippen molar-refractivity contribution in [2.24, 2.45) is 0 Å². The van der Waals surface area contributed by atoms with Crippen LogP contribution in [0.3, 0.4) is 0 Å². The highest BCUT2D eigenvalue weighted by molar-refractivity contribution is 7.26. The van der Waals surface area contributed by atoms with Crippen LogP contribution in [0.5, 0.6) is 0 Å². The molecule has 0 aliphatic heterocycles. The fourth-order valence-corrected chi connectivity index (χ4v) is 5.32. The van der Waals surface area contributed by atoms with Crippen molar-refractivity contribution >= 4 is 31.5 Å². The molecule has 37 heavy (non-hydrogen) atoms. The van der Waals surface area contributed by atoms with Gasteiger partial charge in [0, 0.05) is 36.9 Å². The lowest BCUT2D eigenvalue weighted by molar-refractivity contribution is 1.07. The van der Waals surface area contributed by atoms with E-state index in [4.69, 9.17) is 21.8 Å². The number of rotatable bonds is 4. The molecule has 0 radical (unpaired) electrons. The Bertz CT molecular complexity index is 2130. The maximum absolute atomic E-state index is 9.30. The monoisotopic (exact) mass is 497 g/mol. The SMILES string of the molecule is [2H]c1c([2H])c(-c2ccccc2)c2c(sc3c([2H])c(-c4nc(-c5ccccc5)nc(-c5ccccc5)n4)c([2H])c([2H])c32)c1[2H]. The van der Waals surface area contributed by atoms with Crippen molar-refractivity contribution < 1.29 is 8.22 Å². The summed E-state index contributed by atoms with van der Waals surface area (Å²) in [5.41, 5.74) is 2.66. The molecule has 174 valence electrons. The number of nitrogens with zero attached hydrogens (tertiary/aromatic N) is 3. The summed E-state index contributed by atoms with van der Waals surface area (Å²) in [4.78, 5) is 14.1. The number of benzene rings is 5. The number of fused-ring (bicyclic) bond motifs is 3. The van der Waals surface area contributed by atoms with Gasteiger partial charge in [-0.25, -0.2) is 15.0 Å². The van der Waals surface area contributed by atoms with Crippen LogP contribution >= 0.6 is 11.3 Å². The first-order chi connectivity index (χ1) is 20.8. The minimum atomic E-state index is -0.228. The van der Waals surface area contributed by atoms with Crippen LogP contribution in [0.25, 0.3) is 65.5 Å². The zero-order valence-electron chi connectivity index (χ0n) is 25.4. The van der Waals surface area contributed by atoms with Gasteiger partial charge in [-0.1, -0.05) is 115 Å². The maximum Gasteiger partial charge on any atom is 0.164 e. The predicted molar refractivity (Wildman–Crippen MR) is 154 cm³/mol. The number of hydrogen-bond acceptors (Lipinski definition) is 4. The Morgan fingerprint density at radius 2 is 1.05 bits per heavy atom. The molecule has 0 unspecified atom stereocenters. The molecule has 7 aromatic rings. The number of hydrogen-bond donors (Lipinski definition) is 0. The molecule has 0 spiro atoms. The van der Waals surface area contributed by atoms with Crippen LogP contribution in [0.1, 0.15) is 8.22 Å². The van der Waals surface area contributed by atoms with Gasteiger partial charge in [-0.05, 0) is 23.2 Å². The minimum Gasteiger partial charge on any atom is -0.208 e. The Labute approximate surface area is 227 Å². The molecule has 0 N–H and O–H groups in total. The Kier molecular flexibility index (Phi) is 3.96. The van der Waals surface area contributed by atoms with E-state index in [-0.39, 0.29) is 47.6 Å². The number of aromatic nitrogens is 3. The average Bonchev–Trinajstić information content (AvgIpc) is 3.45. The summed E-state index contributed by atoms with van der Waals surface area (Å²) in [6.45, 7) is 0. The van der Waals surface area contributed by atoms with Gasteiger partial charge in [-0.2, -0.15) is 0 Å². The van der Waals surface area contributed by atoms with E-state index >= 15 is 0 Å². The molecular formula is C33H21N3S. The standard InChI is InChI=1S/C33H21N3S/c1-4-11-22(12-5-1)26-17-10-18-28-30(26)27-20-19-25(21-29(27)37-28)33-35-31(23-13-6-2-7-14-23)34-32(36-33)24-15-8-3-9-16-24/h1-21H/i10D,17D,18D,19D,20D,21D. The van der Waals surface area contributed by atoms with Gasteiger partial charge in [0.2, 0.25) is 0 Å². The lowest BCUT2D eigenvalue weighted by atomic mass is 9.99. The van der Waals surface area contributed by atoms with E-state index in [0.717, 1.165) is 22.5 Å². The third kappa shape index (κ3) is 3.98. The van der Waals surface area contributed by atoms with Gasteiger partial charge in [0.25, 0.3) is 0 Å². The molecule has 4 heteroatoms. The molecule has 2 aromatic heterocycles. The summed E-state index contributed by atoms with van der Waals surface area (Å²) in [5.74, 6) is 0.861. The van der Waals surface area contributed by atoms with Crippen molar-refractivity contribution in [3.63, 3.8) is 0 Å². The van der Waals surface area contributed by atoms with Crippen molar-refractivity contribution in [3.05, 3.63) is 127 Å². The molecule has 0 aliphatic carbocycles. The van der Waals surface area contributed by atoms with Crippen LogP contribution in [-0.4, -0.2) is 15.0 Å². The molecule has 0 aliphatic rings. The van der Waals surface area contributed by atoms with Gasteiger partial charge in [0.05, 0.1) is 8.22 Å². The molecule has 0 saturated carbocycles. The quantitative estimate of drug-likeness (QED) is 0.244. The third-order valence-electron chi connectivity index (χ3n) is 6.06. The molecule has 7 rings (SSSR count). The zero-order chi connectivity index (χ0) is 29.8. The van der Waals surface area contributed by atoms with Crippen LogP contribution in [0.2, 0.25) is 0 Å². The van der Waals surface area contributed by atoms with Crippen LogP contribution < -0.4 is 0 Å². The summed E-state index contributed by atoms with van der Waals surface area (Å²) in [6, 6.07) is 27.0. The van der Waals surface area contributed by atoms with Crippen LogP contribution in [0, 0.1) is 0 Å². The highest BCUT2D eigenvalue weighted by Gasteiger charge is 2.15. The molecule has 0 amide bonds. The lowest BCUT2D eigenvalue weighted by Crippen LogP contribution is -1.99. The first kappa shape index (κ1) is 16.1. The zero-order valence-corrected chi connectivity index (χ0v) is 20.2. The molecule has 0 atom stereocenters. The van der Waals surface area contributed by atoms with E-state index in [0.29, 0.717) is 42.9 Å². The fourth-order valence-electron chi connectivity index (χ4n) is 4.30. The summed E-state index contributed by atoms with van der Waals surface area (Å²) in [7, 11) is 0.